The Kier molecular flexibility index (Phi) is 3.72. The standard InChI is InChI=1S/C10H19NO2/c1-2-3-4-7-13-9(12)10(8-11)5-6-10/h2-8,11H2,1H3. The summed E-state index contributed by atoms with van der Waals surface area (Å²) < 4.78 is 5.14. The van der Waals surface area contributed by atoms with Crippen molar-refractivity contribution in [2.45, 2.75) is 39.0 Å². The van der Waals surface area contributed by atoms with Crippen LogP contribution in [0.1, 0.15) is 39.0 Å². The van der Waals surface area contributed by atoms with E-state index in [0.29, 0.717) is 13.2 Å². The van der Waals surface area contributed by atoms with Gasteiger partial charge in [0.25, 0.3) is 0 Å². The van der Waals surface area contributed by atoms with Crippen LogP contribution in [0, 0.1) is 5.41 Å². The summed E-state index contributed by atoms with van der Waals surface area (Å²) in [6, 6.07) is 0. The molecule has 0 amide bonds. The van der Waals surface area contributed by atoms with Gasteiger partial charge in [0, 0.05) is 6.54 Å². The summed E-state index contributed by atoms with van der Waals surface area (Å²) in [6.45, 7) is 3.14. The van der Waals surface area contributed by atoms with E-state index in [1.807, 2.05) is 0 Å². The highest BCUT2D eigenvalue weighted by Gasteiger charge is 2.49. The number of ether oxygens (including phenoxy) is 1. The molecule has 1 fully saturated rings. The first-order valence-electron chi connectivity index (χ1n) is 5.12. The maximum Gasteiger partial charge on any atom is 0.313 e. The Morgan fingerprint density at radius 2 is 2.15 bits per heavy atom. The number of nitrogens with two attached hydrogens (primary N) is 1. The van der Waals surface area contributed by atoms with Crippen LogP contribution in [0.25, 0.3) is 0 Å². The van der Waals surface area contributed by atoms with Gasteiger partial charge in [0.05, 0.1) is 12.0 Å². The Morgan fingerprint density at radius 3 is 2.62 bits per heavy atom. The Hall–Kier alpha value is -0.570. The maximum absolute atomic E-state index is 11.4. The zero-order chi connectivity index (χ0) is 9.73. The molecule has 1 saturated carbocycles. The molecule has 0 aromatic carbocycles. The van der Waals surface area contributed by atoms with Gasteiger partial charge in [-0.2, -0.15) is 0 Å². The summed E-state index contributed by atoms with van der Waals surface area (Å²) in [5, 5.41) is 0. The third-order valence-electron chi connectivity index (χ3n) is 2.66. The van der Waals surface area contributed by atoms with E-state index < -0.39 is 0 Å². The predicted molar refractivity (Wildman–Crippen MR) is 51.2 cm³/mol. The number of unbranched alkanes of at least 4 members (excludes halogenated alkanes) is 2. The second-order valence-electron chi connectivity index (χ2n) is 3.83. The number of esters is 1. The zero-order valence-electron chi connectivity index (χ0n) is 8.34. The monoisotopic (exact) mass is 185 g/mol. The van der Waals surface area contributed by atoms with Crippen LogP contribution in [-0.2, 0) is 9.53 Å². The third kappa shape index (κ3) is 2.69. The van der Waals surface area contributed by atoms with E-state index in [0.717, 1.165) is 32.1 Å². The first-order chi connectivity index (χ1) is 6.25. The third-order valence-corrected chi connectivity index (χ3v) is 2.66. The first kappa shape index (κ1) is 10.5. The summed E-state index contributed by atoms with van der Waals surface area (Å²) in [5.74, 6) is -0.0777. The molecule has 0 aliphatic heterocycles. The molecular weight excluding hydrogens is 166 g/mol. The highest BCUT2D eigenvalue weighted by Crippen LogP contribution is 2.45. The van der Waals surface area contributed by atoms with Gasteiger partial charge in [0.1, 0.15) is 0 Å². The molecule has 1 aliphatic rings. The van der Waals surface area contributed by atoms with Crippen molar-refractivity contribution in [3.05, 3.63) is 0 Å². The summed E-state index contributed by atoms with van der Waals surface area (Å²) in [7, 11) is 0. The highest BCUT2D eigenvalue weighted by molar-refractivity contribution is 5.80. The molecule has 0 unspecified atom stereocenters. The lowest BCUT2D eigenvalue weighted by molar-refractivity contribution is -0.149. The number of hydrogen-bond donors (Lipinski definition) is 1. The molecule has 1 rings (SSSR count). The van der Waals surface area contributed by atoms with Crippen molar-refractivity contribution in [1.82, 2.24) is 0 Å². The minimum atomic E-state index is -0.286. The largest absolute Gasteiger partial charge is 0.465 e. The van der Waals surface area contributed by atoms with Gasteiger partial charge in [0.15, 0.2) is 0 Å². The van der Waals surface area contributed by atoms with Crippen LogP contribution in [0.15, 0.2) is 0 Å². The number of carbonyl (C=O) groups is 1. The van der Waals surface area contributed by atoms with Crippen LogP contribution < -0.4 is 5.73 Å². The second-order valence-corrected chi connectivity index (χ2v) is 3.83. The fraction of sp³-hybridized carbons (Fsp3) is 0.900. The van der Waals surface area contributed by atoms with Gasteiger partial charge in [0.2, 0.25) is 0 Å². The maximum atomic E-state index is 11.4. The summed E-state index contributed by atoms with van der Waals surface area (Å²) >= 11 is 0. The molecule has 76 valence electrons. The smallest absolute Gasteiger partial charge is 0.313 e. The van der Waals surface area contributed by atoms with Gasteiger partial charge in [-0.15, -0.1) is 0 Å². The minimum Gasteiger partial charge on any atom is -0.465 e. The number of hydrogen-bond acceptors (Lipinski definition) is 3. The van der Waals surface area contributed by atoms with Crippen molar-refractivity contribution in [3.8, 4) is 0 Å². The molecule has 3 nitrogen and oxygen atoms in total. The van der Waals surface area contributed by atoms with E-state index >= 15 is 0 Å². The molecule has 1 aliphatic carbocycles. The summed E-state index contributed by atoms with van der Waals surface area (Å²) in [6.07, 6.45) is 5.08. The lowest BCUT2D eigenvalue weighted by atomic mass is 10.1. The first-order valence-corrected chi connectivity index (χ1v) is 5.12. The Labute approximate surface area is 79.6 Å². The van der Waals surface area contributed by atoms with Crippen LogP contribution in [-0.4, -0.2) is 19.1 Å². The van der Waals surface area contributed by atoms with Crippen molar-refractivity contribution in [1.29, 1.82) is 0 Å². The van der Waals surface area contributed by atoms with Crippen LogP contribution in [0.4, 0.5) is 0 Å². The average Bonchev–Trinajstić information content (AvgIpc) is 2.93. The molecular formula is C10H19NO2. The van der Waals surface area contributed by atoms with Crippen molar-refractivity contribution < 1.29 is 9.53 Å². The molecule has 0 aromatic heterocycles. The average molecular weight is 185 g/mol. The molecule has 0 heterocycles. The van der Waals surface area contributed by atoms with Crippen molar-refractivity contribution in [2.24, 2.45) is 11.1 Å². The summed E-state index contributed by atoms with van der Waals surface area (Å²) in [5.41, 5.74) is 5.21. The van der Waals surface area contributed by atoms with Gasteiger partial charge in [-0.05, 0) is 19.3 Å². The minimum absolute atomic E-state index is 0.0777. The Bertz CT molecular complexity index is 176. The molecule has 0 saturated heterocycles. The summed E-state index contributed by atoms with van der Waals surface area (Å²) in [4.78, 5) is 11.4. The molecule has 0 spiro atoms. The fourth-order valence-corrected chi connectivity index (χ4v) is 1.31. The van der Waals surface area contributed by atoms with Crippen molar-refractivity contribution in [3.63, 3.8) is 0 Å². The molecule has 3 heteroatoms. The quantitative estimate of drug-likeness (QED) is 0.503. The number of rotatable bonds is 6. The van der Waals surface area contributed by atoms with E-state index in [9.17, 15) is 4.79 Å². The van der Waals surface area contributed by atoms with Crippen molar-refractivity contribution >= 4 is 5.97 Å². The van der Waals surface area contributed by atoms with Crippen LogP contribution in [0.5, 0.6) is 0 Å². The topological polar surface area (TPSA) is 52.3 Å². The highest BCUT2D eigenvalue weighted by atomic mass is 16.5. The second kappa shape index (κ2) is 4.61. The normalized spacial score (nSPS) is 18.3. The molecule has 0 atom stereocenters. The van der Waals surface area contributed by atoms with Gasteiger partial charge in [-0.25, -0.2) is 0 Å². The SMILES string of the molecule is CCCCCOC(=O)C1(CN)CC1. The van der Waals surface area contributed by atoms with E-state index in [1.54, 1.807) is 0 Å². The Balaban J connectivity index is 2.11. The molecule has 0 aromatic rings. The lowest BCUT2D eigenvalue weighted by Crippen LogP contribution is -2.27. The zero-order valence-corrected chi connectivity index (χ0v) is 8.34. The molecule has 0 radical (unpaired) electrons. The Morgan fingerprint density at radius 1 is 1.46 bits per heavy atom. The molecule has 0 bridgehead atoms. The van der Waals surface area contributed by atoms with E-state index in [4.69, 9.17) is 10.5 Å². The van der Waals surface area contributed by atoms with Gasteiger partial charge >= 0.3 is 5.97 Å². The lowest BCUT2D eigenvalue weighted by Gasteiger charge is -2.11. The molecule has 13 heavy (non-hydrogen) atoms. The van der Waals surface area contributed by atoms with Gasteiger partial charge < -0.3 is 10.5 Å². The molecule has 2 N–H and O–H groups in total. The predicted octanol–water partition coefficient (Wildman–Crippen LogP) is 1.46. The van der Waals surface area contributed by atoms with Crippen LogP contribution >= 0.6 is 0 Å². The van der Waals surface area contributed by atoms with E-state index in [2.05, 4.69) is 6.92 Å². The fourth-order valence-electron chi connectivity index (χ4n) is 1.31. The van der Waals surface area contributed by atoms with Crippen molar-refractivity contribution in [2.75, 3.05) is 13.2 Å². The van der Waals surface area contributed by atoms with Crippen LogP contribution in [0.2, 0.25) is 0 Å². The van der Waals surface area contributed by atoms with E-state index in [-0.39, 0.29) is 11.4 Å². The number of carbonyl (C=O) groups excluding carboxylic acids is 1. The van der Waals surface area contributed by atoms with Gasteiger partial charge in [-0.3, -0.25) is 4.79 Å². The van der Waals surface area contributed by atoms with Gasteiger partial charge in [-0.1, -0.05) is 19.8 Å². The van der Waals surface area contributed by atoms with E-state index in [1.165, 1.54) is 0 Å². The van der Waals surface area contributed by atoms with Crippen LogP contribution in [0.3, 0.4) is 0 Å².